The number of amides is 1. The summed E-state index contributed by atoms with van der Waals surface area (Å²) in [7, 11) is -2.52. The molecule has 9 heteroatoms. The van der Waals surface area contributed by atoms with E-state index in [-0.39, 0.29) is 16.3 Å². The van der Waals surface area contributed by atoms with Crippen molar-refractivity contribution in [3.05, 3.63) is 41.3 Å². The van der Waals surface area contributed by atoms with Gasteiger partial charge in [-0.15, -0.1) is 0 Å². The topological polar surface area (TPSA) is 107 Å². The summed E-state index contributed by atoms with van der Waals surface area (Å²) >= 11 is 0. The minimum atomic E-state index is -4.02. The molecule has 1 heterocycles. The Balaban J connectivity index is 2.36. The molecule has 0 spiro atoms. The number of sulfonamides is 1. The molecule has 0 atom stereocenters. The lowest BCUT2D eigenvalue weighted by molar-refractivity contribution is 0.102. The summed E-state index contributed by atoms with van der Waals surface area (Å²) in [6.07, 6.45) is 1.18. The van der Waals surface area contributed by atoms with E-state index in [1.807, 2.05) is 0 Å². The molecule has 7 nitrogen and oxygen atoms in total. The second-order valence-corrected chi connectivity index (χ2v) is 6.00. The van der Waals surface area contributed by atoms with Gasteiger partial charge in [0.25, 0.3) is 5.91 Å². The maximum atomic E-state index is 13.0. The number of hydrogen-bond acceptors (Lipinski definition) is 4. The second kappa shape index (κ2) is 5.26. The van der Waals surface area contributed by atoms with E-state index < -0.39 is 21.7 Å². The molecule has 3 N–H and O–H groups in total. The van der Waals surface area contributed by atoms with Gasteiger partial charge >= 0.3 is 0 Å². The lowest BCUT2D eigenvalue weighted by Gasteiger charge is -2.06. The fraction of sp³-hybridized carbons (Fsp3) is 0.167. The van der Waals surface area contributed by atoms with E-state index in [0.717, 1.165) is 6.07 Å². The lowest BCUT2D eigenvalue weighted by atomic mass is 10.1. The number of carbonyl (C=O) groups is 1. The highest BCUT2D eigenvalue weighted by atomic mass is 32.2. The van der Waals surface area contributed by atoms with Crippen molar-refractivity contribution >= 4 is 21.7 Å². The van der Waals surface area contributed by atoms with Gasteiger partial charge in [-0.25, -0.2) is 17.9 Å². The van der Waals surface area contributed by atoms with Crippen molar-refractivity contribution in [2.45, 2.75) is 11.8 Å². The molecule has 21 heavy (non-hydrogen) atoms. The Morgan fingerprint density at radius 2 is 2.10 bits per heavy atom. The number of anilines is 1. The first-order valence-corrected chi connectivity index (χ1v) is 7.37. The summed E-state index contributed by atoms with van der Waals surface area (Å²) in [5.41, 5.74) is 0.628. The van der Waals surface area contributed by atoms with Gasteiger partial charge in [-0.3, -0.25) is 9.48 Å². The molecule has 0 saturated carbocycles. The summed E-state index contributed by atoms with van der Waals surface area (Å²) in [5.74, 6) is -1.24. The molecule has 2 aromatic rings. The van der Waals surface area contributed by atoms with Crippen LogP contribution in [0.1, 0.15) is 15.9 Å². The van der Waals surface area contributed by atoms with Gasteiger partial charge in [0, 0.05) is 18.8 Å². The van der Waals surface area contributed by atoms with Gasteiger partial charge in [-0.2, -0.15) is 5.10 Å². The highest BCUT2D eigenvalue weighted by Crippen LogP contribution is 2.19. The molecule has 1 aromatic carbocycles. The van der Waals surface area contributed by atoms with Gasteiger partial charge < -0.3 is 5.32 Å². The van der Waals surface area contributed by atoms with Gasteiger partial charge in [0.05, 0.1) is 0 Å². The Labute approximate surface area is 120 Å². The van der Waals surface area contributed by atoms with Crippen LogP contribution in [-0.2, 0) is 17.1 Å². The van der Waals surface area contributed by atoms with Crippen LogP contribution in [0.25, 0.3) is 0 Å². The van der Waals surface area contributed by atoms with Gasteiger partial charge in [0.2, 0.25) is 10.0 Å². The van der Waals surface area contributed by atoms with Crippen molar-refractivity contribution in [1.29, 1.82) is 0 Å². The molecule has 1 aromatic heterocycles. The predicted octanol–water partition coefficient (Wildman–Crippen LogP) is 0.767. The van der Waals surface area contributed by atoms with E-state index in [0.29, 0.717) is 5.56 Å². The van der Waals surface area contributed by atoms with Crippen molar-refractivity contribution < 1.29 is 17.6 Å². The molecule has 2 rings (SSSR count). The fourth-order valence-corrected chi connectivity index (χ4v) is 2.48. The minimum Gasteiger partial charge on any atom is -0.304 e. The quantitative estimate of drug-likeness (QED) is 0.872. The molecule has 1 amide bonds. The number of halogens is 1. The summed E-state index contributed by atoms with van der Waals surface area (Å²) in [5, 5.41) is 11.3. The zero-order chi connectivity index (χ0) is 15.8. The first-order valence-electron chi connectivity index (χ1n) is 5.82. The maximum Gasteiger partial charge on any atom is 0.257 e. The van der Waals surface area contributed by atoms with E-state index in [4.69, 9.17) is 5.14 Å². The van der Waals surface area contributed by atoms with E-state index in [1.165, 1.54) is 30.1 Å². The number of primary sulfonamides is 1. The number of aromatic nitrogens is 2. The molecule has 0 bridgehead atoms. The monoisotopic (exact) mass is 312 g/mol. The molecular formula is C12H13FN4O3S. The molecule has 0 aliphatic heterocycles. The number of benzene rings is 1. The maximum absolute atomic E-state index is 13.0. The van der Waals surface area contributed by atoms with Gasteiger partial charge in [0.1, 0.15) is 10.7 Å². The number of nitrogens with one attached hydrogen (secondary N) is 1. The van der Waals surface area contributed by atoms with Crippen LogP contribution in [0, 0.1) is 12.7 Å². The standard InChI is InChI=1S/C12H13FN4O3S/c1-7-5-8(13)3-4-9(7)12(18)15-11-10(21(14,19)20)6-17(2)16-11/h3-6H,1-2H3,(H2,14,19,20)(H,15,16,18). The van der Waals surface area contributed by atoms with Gasteiger partial charge in [0.15, 0.2) is 5.82 Å². The van der Waals surface area contributed by atoms with Crippen LogP contribution in [-0.4, -0.2) is 24.1 Å². The zero-order valence-corrected chi connectivity index (χ0v) is 12.1. The Bertz CT molecular complexity index is 814. The SMILES string of the molecule is Cc1cc(F)ccc1C(=O)Nc1nn(C)cc1S(N)(=O)=O. The van der Waals surface area contributed by atoms with Gasteiger partial charge in [-0.05, 0) is 30.7 Å². The summed E-state index contributed by atoms with van der Waals surface area (Å²) in [6, 6.07) is 3.65. The first-order chi connectivity index (χ1) is 9.68. The number of carbonyl (C=O) groups excluding carboxylic acids is 1. The molecule has 0 radical (unpaired) electrons. The highest BCUT2D eigenvalue weighted by molar-refractivity contribution is 7.89. The van der Waals surface area contributed by atoms with Crippen LogP contribution in [0.5, 0.6) is 0 Å². The largest absolute Gasteiger partial charge is 0.304 e. The first kappa shape index (κ1) is 15.1. The zero-order valence-electron chi connectivity index (χ0n) is 11.3. The number of nitrogens with two attached hydrogens (primary N) is 1. The minimum absolute atomic E-state index is 0.172. The number of rotatable bonds is 3. The smallest absolute Gasteiger partial charge is 0.257 e. The third-order valence-electron chi connectivity index (χ3n) is 2.77. The Morgan fingerprint density at radius 1 is 1.43 bits per heavy atom. The van der Waals surface area contributed by atoms with E-state index in [2.05, 4.69) is 10.4 Å². The molecular weight excluding hydrogens is 299 g/mol. The van der Waals surface area contributed by atoms with Gasteiger partial charge in [-0.1, -0.05) is 0 Å². The van der Waals surface area contributed by atoms with Crippen molar-refractivity contribution in [3.8, 4) is 0 Å². The predicted molar refractivity (Wildman–Crippen MR) is 73.7 cm³/mol. The van der Waals surface area contributed by atoms with Crippen molar-refractivity contribution in [3.63, 3.8) is 0 Å². The van der Waals surface area contributed by atoms with E-state index >= 15 is 0 Å². The molecule has 112 valence electrons. The van der Waals surface area contributed by atoms with Crippen LogP contribution in [0.4, 0.5) is 10.2 Å². The number of hydrogen-bond donors (Lipinski definition) is 2. The van der Waals surface area contributed by atoms with Crippen LogP contribution < -0.4 is 10.5 Å². The van der Waals surface area contributed by atoms with Crippen molar-refractivity contribution in [2.24, 2.45) is 12.2 Å². The van der Waals surface area contributed by atoms with Crippen LogP contribution in [0.3, 0.4) is 0 Å². The summed E-state index contributed by atoms with van der Waals surface area (Å²) < 4.78 is 37.1. The summed E-state index contributed by atoms with van der Waals surface area (Å²) in [6.45, 7) is 1.57. The normalized spacial score (nSPS) is 11.4. The average molecular weight is 312 g/mol. The van der Waals surface area contributed by atoms with Crippen LogP contribution in [0.2, 0.25) is 0 Å². The molecule has 0 aliphatic carbocycles. The Hall–Kier alpha value is -2.26. The molecule has 0 fully saturated rings. The lowest BCUT2D eigenvalue weighted by Crippen LogP contribution is -2.18. The van der Waals surface area contributed by atoms with Crippen LogP contribution in [0.15, 0.2) is 29.3 Å². The third-order valence-corrected chi connectivity index (χ3v) is 3.68. The van der Waals surface area contributed by atoms with Crippen molar-refractivity contribution in [1.82, 2.24) is 9.78 Å². The number of nitrogens with zero attached hydrogens (tertiary/aromatic N) is 2. The molecule has 0 unspecified atom stereocenters. The van der Waals surface area contributed by atoms with E-state index in [1.54, 1.807) is 6.92 Å². The molecule has 0 saturated heterocycles. The van der Waals surface area contributed by atoms with Crippen molar-refractivity contribution in [2.75, 3.05) is 5.32 Å². The summed E-state index contributed by atoms with van der Waals surface area (Å²) in [4.78, 5) is 11.8. The second-order valence-electron chi connectivity index (χ2n) is 4.47. The third kappa shape index (κ3) is 3.26. The van der Waals surface area contributed by atoms with Crippen LogP contribution >= 0.6 is 0 Å². The Morgan fingerprint density at radius 3 is 2.67 bits per heavy atom. The fourth-order valence-electron chi connectivity index (χ4n) is 1.82. The average Bonchev–Trinajstić information content (AvgIpc) is 2.69. The Kier molecular flexibility index (Phi) is 3.79. The highest BCUT2D eigenvalue weighted by Gasteiger charge is 2.21. The number of aryl methyl sites for hydroxylation is 2. The molecule has 0 aliphatic rings. The van der Waals surface area contributed by atoms with E-state index in [9.17, 15) is 17.6 Å².